The van der Waals surface area contributed by atoms with Gasteiger partial charge >= 0.3 is 0 Å². The number of hydrogen-bond donors (Lipinski definition) is 0. The summed E-state index contributed by atoms with van der Waals surface area (Å²) in [5.74, 6) is -9.68. The molecule has 7 heteroatoms. The predicted molar refractivity (Wildman–Crippen MR) is 77.4 cm³/mol. The Labute approximate surface area is 151 Å². The van der Waals surface area contributed by atoms with Gasteiger partial charge in [-0.1, -0.05) is 18.2 Å². The molecule has 0 aliphatic carbocycles. The van der Waals surface area contributed by atoms with E-state index < -0.39 is 41.2 Å². The Hall–Kier alpha value is -2.28. The Morgan fingerprint density at radius 3 is 1.76 bits per heavy atom. The summed E-state index contributed by atoms with van der Waals surface area (Å²) in [6, 6.07) is 14.0. The molecule has 1 nitrogen and oxygen atoms in total. The van der Waals surface area contributed by atoms with E-state index in [2.05, 4.69) is 0 Å². The molecular weight excluding hydrogens is 405 g/mol. The normalized spacial score (nSPS) is 10.4. The quantitative estimate of drug-likeness (QED) is 0.263. The minimum absolute atomic E-state index is 0. The van der Waals surface area contributed by atoms with Crippen molar-refractivity contribution in [2.75, 3.05) is 0 Å². The number of nitrogens with zero attached hydrogens (tertiary/aromatic N) is 1. The van der Waals surface area contributed by atoms with Crippen LogP contribution in [0.15, 0.2) is 54.7 Å². The lowest BCUT2D eigenvalue weighted by molar-refractivity contribution is -0.678. The second-order valence-electron chi connectivity index (χ2n) is 5.13. The smallest absolute Gasteiger partial charge is 0.212 e. The van der Waals surface area contributed by atoms with E-state index in [0.29, 0.717) is 5.69 Å². The molecule has 0 N–H and O–H groups in total. The van der Waals surface area contributed by atoms with Crippen LogP contribution in [0.4, 0.5) is 22.0 Å². The van der Waals surface area contributed by atoms with E-state index in [4.69, 9.17) is 0 Å². The average molecular weight is 416 g/mol. The summed E-state index contributed by atoms with van der Waals surface area (Å²) in [4.78, 5) is 0. The molecule has 0 amide bonds. The first-order valence-electron chi connectivity index (χ1n) is 7.05. The third-order valence-corrected chi connectivity index (χ3v) is 3.64. The highest BCUT2D eigenvalue weighted by Gasteiger charge is 2.28. The van der Waals surface area contributed by atoms with Crippen molar-refractivity contribution >= 4 is 0 Å². The molecule has 0 aliphatic rings. The van der Waals surface area contributed by atoms with E-state index in [1.54, 1.807) is 48.5 Å². The Morgan fingerprint density at radius 1 is 0.640 bits per heavy atom. The summed E-state index contributed by atoms with van der Waals surface area (Å²) in [6.07, 6.45) is 1.51. The molecule has 2 aromatic carbocycles. The summed E-state index contributed by atoms with van der Waals surface area (Å²) >= 11 is 0. The fraction of sp³-hybridized carbons (Fsp3) is 0.0556. The van der Waals surface area contributed by atoms with Crippen LogP contribution >= 0.6 is 0 Å². The molecule has 0 unspecified atom stereocenters. The van der Waals surface area contributed by atoms with E-state index in [1.165, 1.54) is 10.8 Å². The Morgan fingerprint density at radius 2 is 1.16 bits per heavy atom. The van der Waals surface area contributed by atoms with Gasteiger partial charge in [0.2, 0.25) is 11.5 Å². The summed E-state index contributed by atoms with van der Waals surface area (Å²) in [6.45, 7) is -0.489. The molecule has 0 spiro atoms. The lowest BCUT2D eigenvalue weighted by atomic mass is 10.1. The van der Waals surface area contributed by atoms with Gasteiger partial charge in [-0.15, -0.1) is 0 Å². The third-order valence-electron chi connectivity index (χ3n) is 3.64. The second-order valence-corrected chi connectivity index (χ2v) is 5.13. The van der Waals surface area contributed by atoms with Crippen LogP contribution in [0.25, 0.3) is 11.3 Å². The molecule has 0 atom stereocenters. The summed E-state index contributed by atoms with van der Waals surface area (Å²) in [7, 11) is 0. The van der Waals surface area contributed by atoms with Crippen molar-refractivity contribution in [2.45, 2.75) is 6.54 Å². The van der Waals surface area contributed by atoms with E-state index in [1.807, 2.05) is 0 Å². The molecule has 3 rings (SSSR count). The van der Waals surface area contributed by atoms with Gasteiger partial charge in [-0.3, -0.25) is 0 Å². The third kappa shape index (κ3) is 3.56. The molecule has 0 saturated heterocycles. The average Bonchev–Trinajstić information content (AvgIpc) is 2.63. The van der Waals surface area contributed by atoms with Gasteiger partial charge in [0.15, 0.2) is 36.0 Å². The maximum Gasteiger partial charge on any atom is 0.212 e. The molecule has 0 fully saturated rings. The van der Waals surface area contributed by atoms with Crippen molar-refractivity contribution < 1.29 is 43.5 Å². The minimum atomic E-state index is -2.16. The molecule has 1 aromatic heterocycles. The van der Waals surface area contributed by atoms with Crippen LogP contribution in [0.3, 0.4) is 0 Å². The van der Waals surface area contributed by atoms with Gasteiger partial charge < -0.3 is 17.0 Å². The highest BCUT2D eigenvalue weighted by molar-refractivity contribution is 5.55. The first kappa shape index (κ1) is 19.1. The number of aromatic nitrogens is 1. The van der Waals surface area contributed by atoms with Crippen LogP contribution < -0.4 is 21.5 Å². The summed E-state index contributed by atoms with van der Waals surface area (Å²) in [5, 5.41) is 0. The predicted octanol–water partition coefficient (Wildman–Crippen LogP) is 1.39. The van der Waals surface area contributed by atoms with Gasteiger partial charge in [0, 0.05) is 17.7 Å². The molecule has 0 radical (unpaired) electrons. The maximum atomic E-state index is 13.9. The van der Waals surface area contributed by atoms with Gasteiger partial charge in [0.05, 0.1) is 5.56 Å². The number of halogens is 6. The lowest BCUT2D eigenvalue weighted by Gasteiger charge is -2.08. The molecule has 0 aliphatic heterocycles. The zero-order chi connectivity index (χ0) is 17.3. The highest BCUT2D eigenvalue weighted by atomic mass is 79.9. The standard InChI is InChI=1S/C18H11F5N.BrH/c19-14-12(15(20)17(22)18(23)16(14)21)10-24-9-5-4-8-13(24)11-6-2-1-3-7-11;/h1-9H,10H2;1H/q+1;/p-1. The topological polar surface area (TPSA) is 3.88 Å². The number of hydrogen-bond acceptors (Lipinski definition) is 0. The van der Waals surface area contributed by atoms with Crippen LogP contribution in [0.5, 0.6) is 0 Å². The van der Waals surface area contributed by atoms with E-state index >= 15 is 0 Å². The summed E-state index contributed by atoms with van der Waals surface area (Å²) in [5.41, 5.74) is 0.462. The molecule has 130 valence electrons. The van der Waals surface area contributed by atoms with Crippen LogP contribution in [0.1, 0.15) is 5.56 Å². The molecule has 25 heavy (non-hydrogen) atoms. The fourth-order valence-corrected chi connectivity index (χ4v) is 2.44. The second kappa shape index (κ2) is 7.74. The molecule has 0 bridgehead atoms. The zero-order valence-electron chi connectivity index (χ0n) is 12.6. The Kier molecular flexibility index (Phi) is 5.89. The molecule has 0 saturated carbocycles. The largest absolute Gasteiger partial charge is 1.00 e. The van der Waals surface area contributed by atoms with Crippen LogP contribution in [-0.2, 0) is 6.54 Å². The Bertz CT molecular complexity index is 870. The zero-order valence-corrected chi connectivity index (χ0v) is 14.2. The van der Waals surface area contributed by atoms with Crippen LogP contribution in [0, 0.1) is 29.1 Å². The number of pyridine rings is 1. The molecule has 1 heterocycles. The van der Waals surface area contributed by atoms with E-state index in [-0.39, 0.29) is 17.0 Å². The SMILES string of the molecule is Fc1c(F)c(F)c(C[n+]2ccccc2-c2ccccc2)c(F)c1F.[Br-]. The van der Waals surface area contributed by atoms with Crippen molar-refractivity contribution in [3.05, 3.63) is 89.4 Å². The van der Waals surface area contributed by atoms with Crippen molar-refractivity contribution in [3.8, 4) is 11.3 Å². The number of rotatable bonds is 3. The Balaban J connectivity index is 0.00000225. The first-order valence-corrected chi connectivity index (χ1v) is 7.05. The van der Waals surface area contributed by atoms with Gasteiger partial charge in [-0.2, -0.15) is 4.57 Å². The van der Waals surface area contributed by atoms with Crippen LogP contribution in [-0.4, -0.2) is 0 Å². The van der Waals surface area contributed by atoms with E-state index in [9.17, 15) is 22.0 Å². The van der Waals surface area contributed by atoms with Crippen molar-refractivity contribution in [3.63, 3.8) is 0 Å². The fourth-order valence-electron chi connectivity index (χ4n) is 2.44. The molecular formula is C18H11BrF5N. The lowest BCUT2D eigenvalue weighted by Crippen LogP contribution is -3.00. The van der Waals surface area contributed by atoms with E-state index in [0.717, 1.165) is 5.56 Å². The highest BCUT2D eigenvalue weighted by Crippen LogP contribution is 2.23. The van der Waals surface area contributed by atoms with Crippen molar-refractivity contribution in [1.82, 2.24) is 0 Å². The van der Waals surface area contributed by atoms with Crippen molar-refractivity contribution in [2.24, 2.45) is 0 Å². The maximum absolute atomic E-state index is 13.9. The van der Waals surface area contributed by atoms with Gasteiger partial charge in [0.1, 0.15) is 0 Å². The number of benzene rings is 2. The summed E-state index contributed by atoms with van der Waals surface area (Å²) < 4.78 is 69.1. The van der Waals surface area contributed by atoms with Crippen molar-refractivity contribution in [1.29, 1.82) is 0 Å². The first-order chi connectivity index (χ1) is 11.5. The molecule has 3 aromatic rings. The van der Waals surface area contributed by atoms with Gasteiger partial charge in [0.25, 0.3) is 0 Å². The van der Waals surface area contributed by atoms with Gasteiger partial charge in [-0.05, 0) is 18.2 Å². The minimum Gasteiger partial charge on any atom is -1.00 e. The van der Waals surface area contributed by atoms with Crippen LogP contribution in [0.2, 0.25) is 0 Å². The monoisotopic (exact) mass is 415 g/mol. The van der Waals surface area contributed by atoms with Gasteiger partial charge in [-0.25, -0.2) is 22.0 Å².